The van der Waals surface area contributed by atoms with Gasteiger partial charge in [-0.2, -0.15) is 0 Å². The minimum Gasteiger partial charge on any atom is -0.371 e. The van der Waals surface area contributed by atoms with E-state index in [9.17, 15) is 0 Å². The molecule has 0 amide bonds. The Morgan fingerprint density at radius 1 is 1.22 bits per heavy atom. The number of anilines is 1. The number of rotatable bonds is 4. The Morgan fingerprint density at radius 3 is 2.83 bits per heavy atom. The zero-order valence-corrected chi connectivity index (χ0v) is 11.4. The van der Waals surface area contributed by atoms with Crippen molar-refractivity contribution in [2.24, 2.45) is 5.92 Å². The Hall–Kier alpha value is -1.02. The number of para-hydroxylation sites is 1. The summed E-state index contributed by atoms with van der Waals surface area (Å²) in [6, 6.07) is 9.55. The van der Waals surface area contributed by atoms with Gasteiger partial charge in [0, 0.05) is 24.8 Å². The van der Waals surface area contributed by atoms with Gasteiger partial charge >= 0.3 is 0 Å². The lowest BCUT2D eigenvalue weighted by Crippen LogP contribution is -2.26. The molecule has 98 valence electrons. The molecular weight excluding hydrogens is 220 g/mol. The zero-order valence-electron chi connectivity index (χ0n) is 11.4. The summed E-state index contributed by atoms with van der Waals surface area (Å²) in [4.78, 5) is 2.63. The molecule has 1 unspecified atom stereocenters. The topological polar surface area (TPSA) is 15.3 Å². The molecule has 2 aliphatic rings. The molecule has 2 nitrogen and oxygen atoms in total. The third kappa shape index (κ3) is 2.54. The number of hydrogen-bond acceptors (Lipinski definition) is 2. The van der Waals surface area contributed by atoms with Crippen LogP contribution in [0, 0.1) is 5.92 Å². The molecule has 0 radical (unpaired) electrons. The Morgan fingerprint density at radius 2 is 2.06 bits per heavy atom. The van der Waals surface area contributed by atoms with Crippen LogP contribution in [0.15, 0.2) is 24.3 Å². The van der Waals surface area contributed by atoms with Gasteiger partial charge in [-0.1, -0.05) is 25.1 Å². The normalized spacial score (nSPS) is 23.6. The fraction of sp³-hybridized carbons (Fsp3) is 0.625. The van der Waals surface area contributed by atoms with Crippen molar-refractivity contribution in [3.05, 3.63) is 29.8 Å². The van der Waals surface area contributed by atoms with Gasteiger partial charge in [0.15, 0.2) is 0 Å². The first-order valence-corrected chi connectivity index (χ1v) is 7.45. The number of benzene rings is 1. The molecule has 3 rings (SSSR count). The average Bonchev–Trinajstić information content (AvgIpc) is 3.21. The molecule has 0 saturated heterocycles. The van der Waals surface area contributed by atoms with Gasteiger partial charge in [-0.25, -0.2) is 0 Å². The Kier molecular flexibility index (Phi) is 3.55. The van der Waals surface area contributed by atoms with E-state index in [1.165, 1.54) is 50.0 Å². The summed E-state index contributed by atoms with van der Waals surface area (Å²) in [5.41, 5.74) is 2.99. The summed E-state index contributed by atoms with van der Waals surface area (Å²) >= 11 is 0. The van der Waals surface area contributed by atoms with E-state index in [1.807, 2.05) is 0 Å². The Balaban J connectivity index is 1.87. The first-order valence-electron chi connectivity index (χ1n) is 7.45. The highest BCUT2D eigenvalue weighted by Crippen LogP contribution is 2.36. The first kappa shape index (κ1) is 12.0. The molecule has 1 aromatic rings. The molecule has 1 aliphatic carbocycles. The van der Waals surface area contributed by atoms with E-state index in [2.05, 4.69) is 41.4 Å². The number of nitrogens with zero attached hydrogens (tertiary/aromatic N) is 1. The van der Waals surface area contributed by atoms with Crippen LogP contribution in [0.5, 0.6) is 0 Å². The summed E-state index contributed by atoms with van der Waals surface area (Å²) in [6.45, 7) is 5.77. The SMILES string of the molecule is CCNC1CCCN(CC2CC2)c2ccccc21. The van der Waals surface area contributed by atoms with Crippen LogP contribution in [0.1, 0.15) is 44.2 Å². The maximum atomic E-state index is 3.64. The number of nitrogens with one attached hydrogen (secondary N) is 1. The fourth-order valence-corrected chi connectivity index (χ4v) is 3.09. The van der Waals surface area contributed by atoms with E-state index in [4.69, 9.17) is 0 Å². The standard InChI is InChI=1S/C16H24N2/c1-2-17-15-7-5-11-18(12-13-9-10-13)16-8-4-3-6-14(15)16/h3-4,6,8,13,15,17H,2,5,7,9-12H2,1H3. The van der Waals surface area contributed by atoms with Crippen molar-refractivity contribution < 1.29 is 0 Å². The summed E-state index contributed by atoms with van der Waals surface area (Å²) in [5, 5.41) is 3.64. The number of hydrogen-bond donors (Lipinski definition) is 1. The molecule has 18 heavy (non-hydrogen) atoms. The van der Waals surface area contributed by atoms with Crippen molar-refractivity contribution in [1.82, 2.24) is 5.32 Å². The van der Waals surface area contributed by atoms with Crippen LogP contribution in [0.25, 0.3) is 0 Å². The van der Waals surface area contributed by atoms with Crippen molar-refractivity contribution in [3.8, 4) is 0 Å². The van der Waals surface area contributed by atoms with Crippen LogP contribution in [-0.4, -0.2) is 19.6 Å². The minimum absolute atomic E-state index is 0.551. The highest BCUT2D eigenvalue weighted by atomic mass is 15.1. The largest absolute Gasteiger partial charge is 0.371 e. The van der Waals surface area contributed by atoms with Crippen molar-refractivity contribution in [3.63, 3.8) is 0 Å². The third-order valence-corrected chi connectivity index (χ3v) is 4.20. The van der Waals surface area contributed by atoms with Crippen LogP contribution in [0.2, 0.25) is 0 Å². The van der Waals surface area contributed by atoms with Gasteiger partial charge in [0.25, 0.3) is 0 Å². The van der Waals surface area contributed by atoms with Crippen molar-refractivity contribution in [2.75, 3.05) is 24.5 Å². The van der Waals surface area contributed by atoms with E-state index in [0.717, 1.165) is 12.5 Å². The van der Waals surface area contributed by atoms with E-state index >= 15 is 0 Å². The second-order valence-corrected chi connectivity index (χ2v) is 5.70. The van der Waals surface area contributed by atoms with Crippen LogP contribution in [-0.2, 0) is 0 Å². The molecule has 1 N–H and O–H groups in total. The third-order valence-electron chi connectivity index (χ3n) is 4.20. The quantitative estimate of drug-likeness (QED) is 0.874. The Labute approximate surface area is 110 Å². The monoisotopic (exact) mass is 244 g/mol. The van der Waals surface area contributed by atoms with Crippen LogP contribution in [0.3, 0.4) is 0 Å². The number of fused-ring (bicyclic) bond motifs is 1. The van der Waals surface area contributed by atoms with Gasteiger partial charge in [-0.3, -0.25) is 0 Å². The van der Waals surface area contributed by atoms with Crippen LogP contribution in [0.4, 0.5) is 5.69 Å². The minimum atomic E-state index is 0.551. The first-order chi connectivity index (χ1) is 8.88. The smallest absolute Gasteiger partial charge is 0.0414 e. The van der Waals surface area contributed by atoms with Crippen LogP contribution < -0.4 is 10.2 Å². The van der Waals surface area contributed by atoms with E-state index in [-0.39, 0.29) is 0 Å². The lowest BCUT2D eigenvalue weighted by atomic mass is 10.0. The predicted molar refractivity (Wildman–Crippen MR) is 77.0 cm³/mol. The van der Waals surface area contributed by atoms with Crippen molar-refractivity contribution in [1.29, 1.82) is 0 Å². The van der Waals surface area contributed by atoms with E-state index in [1.54, 1.807) is 0 Å². The summed E-state index contributed by atoms with van der Waals surface area (Å²) < 4.78 is 0. The van der Waals surface area contributed by atoms with E-state index < -0.39 is 0 Å². The second-order valence-electron chi connectivity index (χ2n) is 5.70. The summed E-state index contributed by atoms with van der Waals surface area (Å²) in [5.74, 6) is 0.966. The molecule has 0 spiro atoms. The zero-order chi connectivity index (χ0) is 12.4. The molecule has 1 saturated carbocycles. The van der Waals surface area contributed by atoms with Crippen molar-refractivity contribution in [2.45, 2.75) is 38.6 Å². The van der Waals surface area contributed by atoms with Crippen molar-refractivity contribution >= 4 is 5.69 Å². The van der Waals surface area contributed by atoms with Gasteiger partial charge in [0.2, 0.25) is 0 Å². The summed E-state index contributed by atoms with van der Waals surface area (Å²) in [7, 11) is 0. The van der Waals surface area contributed by atoms with Gasteiger partial charge in [-0.05, 0) is 49.8 Å². The lowest BCUT2D eigenvalue weighted by Gasteiger charge is -2.26. The molecule has 1 aliphatic heterocycles. The molecule has 0 bridgehead atoms. The predicted octanol–water partition coefficient (Wildman–Crippen LogP) is 3.35. The fourth-order valence-electron chi connectivity index (χ4n) is 3.09. The van der Waals surface area contributed by atoms with E-state index in [0.29, 0.717) is 6.04 Å². The highest BCUT2D eigenvalue weighted by Gasteiger charge is 2.28. The van der Waals surface area contributed by atoms with Crippen LogP contribution >= 0.6 is 0 Å². The maximum Gasteiger partial charge on any atom is 0.0414 e. The molecule has 0 aromatic heterocycles. The second kappa shape index (κ2) is 5.31. The van der Waals surface area contributed by atoms with Gasteiger partial charge in [0.1, 0.15) is 0 Å². The Bertz CT molecular complexity index is 398. The maximum absolute atomic E-state index is 3.64. The van der Waals surface area contributed by atoms with Gasteiger partial charge < -0.3 is 10.2 Å². The summed E-state index contributed by atoms with van der Waals surface area (Å²) in [6.07, 6.45) is 5.45. The molecule has 1 heterocycles. The highest BCUT2D eigenvalue weighted by molar-refractivity contribution is 5.56. The molecule has 1 aromatic carbocycles. The van der Waals surface area contributed by atoms with Gasteiger partial charge in [0.05, 0.1) is 0 Å². The molecule has 2 heteroatoms. The molecule has 1 atom stereocenters. The molecular formula is C16H24N2. The lowest BCUT2D eigenvalue weighted by molar-refractivity contribution is 0.510. The molecule has 1 fully saturated rings. The average molecular weight is 244 g/mol. The van der Waals surface area contributed by atoms with Gasteiger partial charge in [-0.15, -0.1) is 0 Å².